The standard InChI is InChI=1S/C14H18BrNO/c1-4-10-16(13(17)14(2,3)15)11-12-8-6-5-7-9-12/h4-9H,1,10-11H2,2-3H3. The maximum Gasteiger partial charge on any atom is 0.239 e. The summed E-state index contributed by atoms with van der Waals surface area (Å²) in [5.41, 5.74) is 1.12. The Bertz CT molecular complexity index is 381. The summed E-state index contributed by atoms with van der Waals surface area (Å²) in [6, 6.07) is 9.96. The zero-order chi connectivity index (χ0) is 12.9. The SMILES string of the molecule is C=CCN(Cc1ccccc1)C(=O)C(C)(C)Br. The van der Waals surface area contributed by atoms with Crippen LogP contribution in [0.2, 0.25) is 0 Å². The molecule has 0 saturated carbocycles. The smallest absolute Gasteiger partial charge is 0.239 e. The lowest BCUT2D eigenvalue weighted by Gasteiger charge is -2.27. The summed E-state index contributed by atoms with van der Waals surface area (Å²) >= 11 is 3.40. The van der Waals surface area contributed by atoms with Crippen molar-refractivity contribution >= 4 is 21.8 Å². The number of nitrogens with zero attached hydrogens (tertiary/aromatic N) is 1. The van der Waals surface area contributed by atoms with E-state index in [4.69, 9.17) is 0 Å². The average Bonchev–Trinajstić information content (AvgIpc) is 2.28. The largest absolute Gasteiger partial charge is 0.333 e. The fraction of sp³-hybridized carbons (Fsp3) is 0.357. The average molecular weight is 296 g/mol. The zero-order valence-electron chi connectivity index (χ0n) is 10.3. The van der Waals surface area contributed by atoms with E-state index in [0.29, 0.717) is 13.1 Å². The van der Waals surface area contributed by atoms with E-state index in [1.807, 2.05) is 44.2 Å². The highest BCUT2D eigenvalue weighted by atomic mass is 79.9. The summed E-state index contributed by atoms with van der Waals surface area (Å²) in [6.07, 6.45) is 1.75. The minimum atomic E-state index is -0.537. The third-order valence-electron chi connectivity index (χ3n) is 2.36. The molecule has 0 heterocycles. The number of hydrogen-bond acceptors (Lipinski definition) is 1. The number of alkyl halides is 1. The van der Waals surface area contributed by atoms with Crippen molar-refractivity contribution in [3.8, 4) is 0 Å². The first-order chi connectivity index (χ1) is 7.95. The van der Waals surface area contributed by atoms with Crippen molar-refractivity contribution in [1.29, 1.82) is 0 Å². The van der Waals surface area contributed by atoms with Gasteiger partial charge < -0.3 is 4.90 Å². The topological polar surface area (TPSA) is 20.3 Å². The number of carbonyl (C=O) groups excluding carboxylic acids is 1. The second kappa shape index (κ2) is 6.01. The molecule has 0 spiro atoms. The fourth-order valence-corrected chi connectivity index (χ4v) is 1.81. The molecule has 0 radical (unpaired) electrons. The van der Waals surface area contributed by atoms with Crippen molar-refractivity contribution in [2.75, 3.05) is 6.54 Å². The van der Waals surface area contributed by atoms with E-state index in [1.165, 1.54) is 0 Å². The Morgan fingerprint density at radius 2 is 2.00 bits per heavy atom. The first-order valence-electron chi connectivity index (χ1n) is 5.58. The first-order valence-corrected chi connectivity index (χ1v) is 6.37. The Morgan fingerprint density at radius 3 is 2.47 bits per heavy atom. The highest BCUT2D eigenvalue weighted by Gasteiger charge is 2.28. The van der Waals surface area contributed by atoms with Gasteiger partial charge in [-0.2, -0.15) is 0 Å². The molecule has 17 heavy (non-hydrogen) atoms. The fourth-order valence-electron chi connectivity index (χ4n) is 1.55. The Morgan fingerprint density at radius 1 is 1.41 bits per heavy atom. The van der Waals surface area contributed by atoms with Crippen LogP contribution in [0.4, 0.5) is 0 Å². The van der Waals surface area contributed by atoms with Crippen molar-refractivity contribution in [3.05, 3.63) is 48.6 Å². The van der Waals surface area contributed by atoms with E-state index < -0.39 is 4.32 Å². The molecule has 0 saturated heterocycles. The summed E-state index contributed by atoms with van der Waals surface area (Å²) in [4.78, 5) is 14.0. The van der Waals surface area contributed by atoms with E-state index in [9.17, 15) is 4.79 Å². The van der Waals surface area contributed by atoms with Crippen LogP contribution in [0.3, 0.4) is 0 Å². The second-order valence-corrected chi connectivity index (χ2v) is 6.41. The van der Waals surface area contributed by atoms with Gasteiger partial charge in [-0.3, -0.25) is 4.79 Å². The molecule has 0 aliphatic rings. The third kappa shape index (κ3) is 4.35. The molecule has 0 atom stereocenters. The summed E-state index contributed by atoms with van der Waals surface area (Å²) in [5.74, 6) is 0.0706. The van der Waals surface area contributed by atoms with Gasteiger partial charge in [0.05, 0.1) is 4.32 Å². The molecular weight excluding hydrogens is 278 g/mol. The molecule has 0 aliphatic carbocycles. The molecule has 3 heteroatoms. The monoisotopic (exact) mass is 295 g/mol. The van der Waals surface area contributed by atoms with Crippen LogP contribution in [0, 0.1) is 0 Å². The van der Waals surface area contributed by atoms with E-state index >= 15 is 0 Å². The van der Waals surface area contributed by atoms with Crippen LogP contribution in [0.25, 0.3) is 0 Å². The van der Waals surface area contributed by atoms with E-state index in [2.05, 4.69) is 22.5 Å². The molecule has 1 rings (SSSR count). The molecular formula is C14H18BrNO. The molecule has 0 unspecified atom stereocenters. The van der Waals surface area contributed by atoms with E-state index in [1.54, 1.807) is 11.0 Å². The van der Waals surface area contributed by atoms with Crippen LogP contribution in [-0.2, 0) is 11.3 Å². The second-order valence-electron chi connectivity index (χ2n) is 4.43. The molecule has 1 aromatic carbocycles. The highest BCUT2D eigenvalue weighted by Crippen LogP contribution is 2.20. The van der Waals surface area contributed by atoms with Crippen molar-refractivity contribution < 1.29 is 4.79 Å². The summed E-state index contributed by atoms with van der Waals surface area (Å²) < 4.78 is -0.537. The van der Waals surface area contributed by atoms with Gasteiger partial charge in [0, 0.05) is 13.1 Å². The van der Waals surface area contributed by atoms with Gasteiger partial charge in [0.2, 0.25) is 5.91 Å². The van der Waals surface area contributed by atoms with Gasteiger partial charge in [-0.1, -0.05) is 52.3 Å². The van der Waals surface area contributed by atoms with E-state index in [0.717, 1.165) is 5.56 Å². The quantitative estimate of drug-likeness (QED) is 0.602. The predicted octanol–water partition coefficient (Wildman–Crippen LogP) is 3.37. The summed E-state index contributed by atoms with van der Waals surface area (Å²) in [5, 5.41) is 0. The molecule has 0 aliphatic heterocycles. The predicted molar refractivity (Wildman–Crippen MR) is 75.1 cm³/mol. The van der Waals surface area contributed by atoms with Crippen LogP contribution >= 0.6 is 15.9 Å². The lowest BCUT2D eigenvalue weighted by molar-refractivity contribution is -0.132. The molecule has 1 amide bonds. The number of rotatable bonds is 5. The molecule has 0 N–H and O–H groups in total. The van der Waals surface area contributed by atoms with Crippen molar-refractivity contribution in [2.24, 2.45) is 0 Å². The molecule has 92 valence electrons. The number of hydrogen-bond donors (Lipinski definition) is 0. The maximum absolute atomic E-state index is 12.2. The van der Waals surface area contributed by atoms with Gasteiger partial charge in [-0.15, -0.1) is 6.58 Å². The molecule has 0 aromatic heterocycles. The van der Waals surface area contributed by atoms with Crippen molar-refractivity contribution in [2.45, 2.75) is 24.7 Å². The summed E-state index contributed by atoms with van der Waals surface area (Å²) in [6.45, 7) is 8.58. The van der Waals surface area contributed by atoms with E-state index in [-0.39, 0.29) is 5.91 Å². The van der Waals surface area contributed by atoms with Crippen molar-refractivity contribution in [3.63, 3.8) is 0 Å². The van der Waals surface area contributed by atoms with Crippen LogP contribution in [0.5, 0.6) is 0 Å². The third-order valence-corrected chi connectivity index (χ3v) is 2.70. The number of benzene rings is 1. The van der Waals surface area contributed by atoms with Crippen molar-refractivity contribution in [1.82, 2.24) is 4.90 Å². The van der Waals surface area contributed by atoms with Crippen LogP contribution in [0.1, 0.15) is 19.4 Å². The van der Waals surface area contributed by atoms with Gasteiger partial charge in [0.15, 0.2) is 0 Å². The Kier molecular flexibility index (Phi) is 4.94. The van der Waals surface area contributed by atoms with Gasteiger partial charge in [-0.05, 0) is 19.4 Å². The number of halogens is 1. The summed E-state index contributed by atoms with van der Waals surface area (Å²) in [7, 11) is 0. The lowest BCUT2D eigenvalue weighted by Crippen LogP contribution is -2.41. The highest BCUT2D eigenvalue weighted by molar-refractivity contribution is 9.10. The number of amides is 1. The zero-order valence-corrected chi connectivity index (χ0v) is 11.9. The first kappa shape index (κ1) is 14.0. The molecule has 2 nitrogen and oxygen atoms in total. The van der Waals surface area contributed by atoms with Gasteiger partial charge in [0.1, 0.15) is 0 Å². The van der Waals surface area contributed by atoms with Crippen LogP contribution < -0.4 is 0 Å². The minimum absolute atomic E-state index is 0.0706. The Hall–Kier alpha value is -1.09. The van der Waals surface area contributed by atoms with Crippen LogP contribution in [-0.4, -0.2) is 21.7 Å². The molecule has 1 aromatic rings. The Balaban J connectivity index is 2.80. The minimum Gasteiger partial charge on any atom is -0.333 e. The lowest BCUT2D eigenvalue weighted by atomic mass is 10.1. The Labute approximate surface area is 111 Å². The van der Waals surface area contributed by atoms with Gasteiger partial charge >= 0.3 is 0 Å². The molecule has 0 bridgehead atoms. The van der Waals surface area contributed by atoms with Gasteiger partial charge in [-0.25, -0.2) is 0 Å². The number of carbonyl (C=O) groups is 1. The normalized spacial score (nSPS) is 11.0. The van der Waals surface area contributed by atoms with Crippen LogP contribution in [0.15, 0.2) is 43.0 Å². The molecule has 0 fully saturated rings. The van der Waals surface area contributed by atoms with Gasteiger partial charge in [0.25, 0.3) is 0 Å². The maximum atomic E-state index is 12.2.